The molecule has 0 spiro atoms. The van der Waals surface area contributed by atoms with Crippen molar-refractivity contribution in [1.29, 1.82) is 0 Å². The van der Waals surface area contributed by atoms with Gasteiger partial charge in [-0.1, -0.05) is 52.0 Å². The molecule has 0 saturated carbocycles. The monoisotopic (exact) mass is 417 g/mol. The van der Waals surface area contributed by atoms with Crippen molar-refractivity contribution in [3.8, 4) is 0 Å². The quantitative estimate of drug-likeness (QED) is 0.567. The minimum absolute atomic E-state index is 0.0249. The van der Waals surface area contributed by atoms with Gasteiger partial charge in [0.1, 0.15) is 0 Å². The van der Waals surface area contributed by atoms with Gasteiger partial charge in [-0.2, -0.15) is 0 Å². The smallest absolute Gasteiger partial charge is 0.234 e. The second kappa shape index (κ2) is 9.06. The van der Waals surface area contributed by atoms with Crippen LogP contribution in [0.4, 0.5) is 11.4 Å². The van der Waals surface area contributed by atoms with Crippen LogP contribution < -0.4 is 5.32 Å². The molecule has 130 valence electrons. The van der Waals surface area contributed by atoms with Crippen LogP contribution in [-0.4, -0.2) is 34.8 Å². The zero-order chi connectivity index (χ0) is 17.5. The van der Waals surface area contributed by atoms with Gasteiger partial charge in [0.05, 0.1) is 11.4 Å². The molecule has 0 radical (unpaired) electrons. The van der Waals surface area contributed by atoms with Gasteiger partial charge in [0, 0.05) is 23.2 Å². The molecule has 1 aliphatic rings. The van der Waals surface area contributed by atoms with E-state index in [1.165, 1.54) is 24.6 Å². The first kappa shape index (κ1) is 18.0. The van der Waals surface area contributed by atoms with Crippen molar-refractivity contribution in [1.82, 2.24) is 4.90 Å². The van der Waals surface area contributed by atoms with Crippen LogP contribution in [-0.2, 0) is 4.79 Å². The molecule has 1 fully saturated rings. The summed E-state index contributed by atoms with van der Waals surface area (Å²) in [5.74, 6) is 0.317. The van der Waals surface area contributed by atoms with Crippen molar-refractivity contribution < 1.29 is 4.79 Å². The highest BCUT2D eigenvalue weighted by Gasteiger charge is 2.18. The Morgan fingerprint density at radius 2 is 1.88 bits per heavy atom. The molecule has 0 atom stereocenters. The Hall–Kier alpha value is -1.79. The van der Waals surface area contributed by atoms with Gasteiger partial charge in [0.15, 0.2) is 5.17 Å². The predicted octanol–water partition coefficient (Wildman–Crippen LogP) is 4.90. The maximum atomic E-state index is 12.3. The molecule has 0 unspecified atom stereocenters. The van der Waals surface area contributed by atoms with Crippen LogP contribution in [0, 0.1) is 0 Å². The number of benzene rings is 2. The average molecular weight is 418 g/mol. The van der Waals surface area contributed by atoms with Gasteiger partial charge in [-0.3, -0.25) is 4.79 Å². The van der Waals surface area contributed by atoms with E-state index in [0.717, 1.165) is 34.1 Å². The summed E-state index contributed by atoms with van der Waals surface area (Å²) in [4.78, 5) is 19.3. The Bertz CT molecular complexity index is 745. The third kappa shape index (κ3) is 5.61. The van der Waals surface area contributed by atoms with E-state index in [2.05, 4.69) is 26.1 Å². The molecule has 1 amide bonds. The number of hydrogen-bond donors (Lipinski definition) is 1. The summed E-state index contributed by atoms with van der Waals surface area (Å²) < 4.78 is 0.946. The van der Waals surface area contributed by atoms with Crippen molar-refractivity contribution in [3.63, 3.8) is 0 Å². The van der Waals surface area contributed by atoms with Gasteiger partial charge in [-0.05, 0) is 43.2 Å². The second-order valence-corrected chi connectivity index (χ2v) is 7.63. The molecule has 1 N–H and O–H groups in total. The fraction of sp³-hybridized carbons (Fsp3) is 0.263. The highest BCUT2D eigenvalue weighted by molar-refractivity contribution is 9.10. The molecular weight excluding hydrogens is 398 g/mol. The number of nitrogens with zero attached hydrogens (tertiary/aromatic N) is 2. The Morgan fingerprint density at radius 3 is 2.60 bits per heavy atom. The number of halogens is 1. The summed E-state index contributed by atoms with van der Waals surface area (Å²) in [7, 11) is 0. The molecule has 2 aromatic rings. The van der Waals surface area contributed by atoms with E-state index in [1.54, 1.807) is 0 Å². The van der Waals surface area contributed by atoms with Crippen molar-refractivity contribution in [2.24, 2.45) is 4.99 Å². The van der Waals surface area contributed by atoms with Crippen LogP contribution in [0.1, 0.15) is 12.8 Å². The third-order valence-corrected chi connectivity index (χ3v) is 5.31. The van der Waals surface area contributed by atoms with Crippen molar-refractivity contribution in [2.75, 3.05) is 24.2 Å². The summed E-state index contributed by atoms with van der Waals surface area (Å²) in [6, 6.07) is 17.5. The lowest BCUT2D eigenvalue weighted by atomic mass is 10.3. The fourth-order valence-electron chi connectivity index (χ4n) is 2.61. The maximum Gasteiger partial charge on any atom is 0.234 e. The lowest BCUT2D eigenvalue weighted by molar-refractivity contribution is -0.113. The van der Waals surface area contributed by atoms with Crippen molar-refractivity contribution in [2.45, 2.75) is 12.8 Å². The molecule has 2 aromatic carbocycles. The number of rotatable bonds is 4. The lowest BCUT2D eigenvalue weighted by Gasteiger charge is -2.19. The van der Waals surface area contributed by atoms with Gasteiger partial charge in [0.25, 0.3) is 0 Å². The first-order valence-electron chi connectivity index (χ1n) is 8.27. The molecule has 0 aromatic heterocycles. The summed E-state index contributed by atoms with van der Waals surface area (Å²) in [6.07, 6.45) is 2.36. The van der Waals surface area contributed by atoms with Crippen LogP contribution in [0.5, 0.6) is 0 Å². The highest BCUT2D eigenvalue weighted by Crippen LogP contribution is 2.21. The molecule has 1 saturated heterocycles. The van der Waals surface area contributed by atoms with E-state index in [1.807, 2.05) is 54.6 Å². The van der Waals surface area contributed by atoms with Gasteiger partial charge in [0.2, 0.25) is 5.91 Å². The van der Waals surface area contributed by atoms with E-state index in [-0.39, 0.29) is 5.91 Å². The lowest BCUT2D eigenvalue weighted by Crippen LogP contribution is -2.27. The van der Waals surface area contributed by atoms with E-state index >= 15 is 0 Å². The van der Waals surface area contributed by atoms with Crippen molar-refractivity contribution in [3.05, 3.63) is 59.1 Å². The molecule has 1 heterocycles. The van der Waals surface area contributed by atoms with Gasteiger partial charge in [-0.15, -0.1) is 0 Å². The molecule has 3 rings (SSSR count). The zero-order valence-electron chi connectivity index (χ0n) is 13.8. The number of carbonyl (C=O) groups is 1. The zero-order valence-corrected chi connectivity index (χ0v) is 16.2. The standard InChI is InChI=1S/C19H20BrN3OS/c20-15-7-6-10-17(13-15)21-18(24)14-25-19(23-11-4-5-12-23)22-16-8-2-1-3-9-16/h1-3,6-10,13H,4-5,11-12,14H2,(H,21,24). The van der Waals surface area contributed by atoms with E-state index < -0.39 is 0 Å². The maximum absolute atomic E-state index is 12.3. The first-order valence-corrected chi connectivity index (χ1v) is 10.1. The Balaban J connectivity index is 1.64. The summed E-state index contributed by atoms with van der Waals surface area (Å²) in [5, 5.41) is 3.85. The Kier molecular flexibility index (Phi) is 6.53. The number of hydrogen-bond acceptors (Lipinski definition) is 3. The highest BCUT2D eigenvalue weighted by atomic mass is 79.9. The van der Waals surface area contributed by atoms with Gasteiger partial charge in [-0.25, -0.2) is 4.99 Å². The Morgan fingerprint density at radius 1 is 1.12 bits per heavy atom. The van der Waals surface area contributed by atoms with Gasteiger partial charge >= 0.3 is 0 Å². The molecule has 25 heavy (non-hydrogen) atoms. The predicted molar refractivity (Wildman–Crippen MR) is 110 cm³/mol. The molecule has 1 aliphatic heterocycles. The average Bonchev–Trinajstić information content (AvgIpc) is 3.14. The number of thioether (sulfide) groups is 1. The third-order valence-electron chi connectivity index (χ3n) is 3.80. The summed E-state index contributed by atoms with van der Waals surface area (Å²) in [6.45, 7) is 2.01. The molecule has 0 bridgehead atoms. The van der Waals surface area contributed by atoms with Crippen LogP contribution >= 0.6 is 27.7 Å². The van der Waals surface area contributed by atoms with E-state index in [9.17, 15) is 4.79 Å². The number of para-hydroxylation sites is 1. The van der Waals surface area contributed by atoms with Gasteiger partial charge < -0.3 is 10.2 Å². The SMILES string of the molecule is O=C(CSC(=Nc1ccccc1)N1CCCC1)Nc1cccc(Br)c1. The molecule has 0 aliphatic carbocycles. The largest absolute Gasteiger partial charge is 0.351 e. The first-order chi connectivity index (χ1) is 12.2. The number of nitrogens with one attached hydrogen (secondary N) is 1. The Labute approximate surface area is 160 Å². The summed E-state index contributed by atoms with van der Waals surface area (Å²) in [5.41, 5.74) is 1.71. The fourth-order valence-corrected chi connectivity index (χ4v) is 3.88. The molecule has 4 nitrogen and oxygen atoms in total. The number of anilines is 1. The van der Waals surface area contributed by atoms with Crippen molar-refractivity contribution >= 4 is 50.1 Å². The van der Waals surface area contributed by atoms with Crippen LogP contribution in [0.2, 0.25) is 0 Å². The normalized spacial score (nSPS) is 14.6. The topological polar surface area (TPSA) is 44.7 Å². The summed E-state index contributed by atoms with van der Waals surface area (Å²) >= 11 is 4.91. The van der Waals surface area contributed by atoms with Crippen LogP contribution in [0.3, 0.4) is 0 Å². The molecular formula is C19H20BrN3OS. The minimum Gasteiger partial charge on any atom is -0.351 e. The van der Waals surface area contributed by atoms with E-state index in [4.69, 9.17) is 4.99 Å². The van der Waals surface area contributed by atoms with E-state index in [0.29, 0.717) is 5.75 Å². The number of aliphatic imine (C=N–C) groups is 1. The van der Waals surface area contributed by atoms with Crippen LogP contribution in [0.25, 0.3) is 0 Å². The number of likely N-dealkylation sites (tertiary alicyclic amines) is 1. The second-order valence-electron chi connectivity index (χ2n) is 5.77. The minimum atomic E-state index is -0.0249. The van der Waals surface area contributed by atoms with Crippen LogP contribution in [0.15, 0.2) is 64.1 Å². The molecule has 6 heteroatoms. The number of carbonyl (C=O) groups excluding carboxylic acids is 1. The number of amides is 1. The number of amidine groups is 1.